The van der Waals surface area contributed by atoms with Gasteiger partial charge in [0.25, 0.3) is 0 Å². The van der Waals surface area contributed by atoms with Gasteiger partial charge >= 0.3 is 0 Å². The zero-order chi connectivity index (χ0) is 6.91. The second kappa shape index (κ2) is 2.21. The molecule has 2 atom stereocenters. The normalized spacial score (nSPS) is 45.0. The van der Waals surface area contributed by atoms with Gasteiger partial charge in [-0.1, -0.05) is 0 Å². The average Bonchev–Trinajstić information content (AvgIpc) is 1.77. The fourth-order valence-electron chi connectivity index (χ4n) is 0.931. The number of nitrogens with one attached hydrogen (secondary N) is 1. The van der Waals surface area contributed by atoms with Gasteiger partial charge in [-0.3, -0.25) is 0 Å². The van der Waals surface area contributed by atoms with Crippen LogP contribution in [0.5, 0.6) is 0 Å². The van der Waals surface area contributed by atoms with Gasteiger partial charge in [0.05, 0.1) is 0 Å². The molecule has 1 rings (SSSR count). The standard InChI is InChI=1S/C6H11F2N/c1-6(8)2-3-9-4-5(6)7/h5,9H,2-4H2,1H3/t5-,6-/m0/s1. The van der Waals surface area contributed by atoms with Gasteiger partial charge in [-0.2, -0.15) is 0 Å². The first-order chi connectivity index (χ1) is 4.13. The summed E-state index contributed by atoms with van der Waals surface area (Å²) in [5.41, 5.74) is -1.59. The second-order valence-electron chi connectivity index (χ2n) is 2.70. The number of alkyl halides is 2. The minimum Gasteiger partial charge on any atom is -0.314 e. The minimum absolute atomic E-state index is 0.160. The van der Waals surface area contributed by atoms with Gasteiger partial charge < -0.3 is 5.32 Å². The summed E-state index contributed by atoms with van der Waals surface area (Å²) in [6.45, 7) is 2.07. The summed E-state index contributed by atoms with van der Waals surface area (Å²) in [4.78, 5) is 0. The third kappa shape index (κ3) is 1.39. The summed E-state index contributed by atoms with van der Waals surface area (Å²) in [6, 6.07) is 0. The van der Waals surface area contributed by atoms with Crippen molar-refractivity contribution < 1.29 is 8.78 Å². The van der Waals surface area contributed by atoms with Gasteiger partial charge in [-0.15, -0.1) is 0 Å². The minimum atomic E-state index is -1.59. The summed E-state index contributed by atoms with van der Waals surface area (Å²) in [7, 11) is 0. The maximum atomic E-state index is 12.8. The van der Waals surface area contributed by atoms with Crippen molar-refractivity contribution in [2.24, 2.45) is 0 Å². The predicted octanol–water partition coefficient (Wildman–Crippen LogP) is 1.05. The molecule has 1 aliphatic rings. The Morgan fingerprint density at radius 1 is 1.67 bits per heavy atom. The Morgan fingerprint density at radius 2 is 2.33 bits per heavy atom. The molecule has 0 amide bonds. The lowest BCUT2D eigenvalue weighted by Gasteiger charge is -2.29. The lowest BCUT2D eigenvalue weighted by molar-refractivity contribution is 0.0390. The third-order valence-electron chi connectivity index (χ3n) is 1.77. The monoisotopic (exact) mass is 135 g/mol. The maximum absolute atomic E-state index is 12.8. The van der Waals surface area contributed by atoms with Crippen LogP contribution in [0.4, 0.5) is 8.78 Å². The molecular formula is C6H11F2N. The molecule has 1 heterocycles. The molecule has 0 unspecified atom stereocenters. The number of halogens is 2. The van der Waals surface area contributed by atoms with Crippen LogP contribution in [-0.4, -0.2) is 24.9 Å². The molecule has 0 aliphatic carbocycles. The zero-order valence-electron chi connectivity index (χ0n) is 5.45. The zero-order valence-corrected chi connectivity index (χ0v) is 5.45. The highest BCUT2D eigenvalue weighted by molar-refractivity contribution is 4.88. The first-order valence-corrected chi connectivity index (χ1v) is 3.16. The van der Waals surface area contributed by atoms with Crippen LogP contribution in [0.3, 0.4) is 0 Å². The Bertz CT molecular complexity index is 103. The number of hydrogen-bond donors (Lipinski definition) is 1. The summed E-state index contributed by atoms with van der Waals surface area (Å²) >= 11 is 0. The SMILES string of the molecule is C[C@]1(F)CCNC[C@@H]1F. The van der Waals surface area contributed by atoms with Crippen molar-refractivity contribution in [1.29, 1.82) is 0 Å². The van der Waals surface area contributed by atoms with E-state index >= 15 is 0 Å². The predicted molar refractivity (Wildman–Crippen MR) is 31.9 cm³/mol. The van der Waals surface area contributed by atoms with Crippen LogP contribution in [0, 0.1) is 0 Å². The van der Waals surface area contributed by atoms with Crippen LogP contribution in [0.1, 0.15) is 13.3 Å². The topological polar surface area (TPSA) is 12.0 Å². The van der Waals surface area contributed by atoms with E-state index in [0.29, 0.717) is 6.54 Å². The van der Waals surface area contributed by atoms with E-state index in [0.717, 1.165) is 0 Å². The van der Waals surface area contributed by atoms with E-state index in [4.69, 9.17) is 0 Å². The summed E-state index contributed by atoms with van der Waals surface area (Å²) in [5, 5.41) is 2.78. The maximum Gasteiger partial charge on any atom is 0.146 e. The van der Waals surface area contributed by atoms with Crippen LogP contribution in [0.25, 0.3) is 0 Å². The second-order valence-corrected chi connectivity index (χ2v) is 2.70. The highest BCUT2D eigenvalue weighted by Gasteiger charge is 2.36. The van der Waals surface area contributed by atoms with Crippen molar-refractivity contribution in [2.45, 2.75) is 25.2 Å². The lowest BCUT2D eigenvalue weighted by Crippen LogP contribution is -2.46. The third-order valence-corrected chi connectivity index (χ3v) is 1.77. The Kier molecular flexibility index (Phi) is 1.70. The van der Waals surface area contributed by atoms with E-state index in [1.807, 2.05) is 0 Å². The van der Waals surface area contributed by atoms with E-state index in [9.17, 15) is 8.78 Å². The number of rotatable bonds is 0. The Labute approximate surface area is 53.4 Å². The molecule has 0 bridgehead atoms. The summed E-state index contributed by atoms with van der Waals surface area (Å²) < 4.78 is 25.4. The van der Waals surface area contributed by atoms with Gasteiger partial charge in [0, 0.05) is 6.54 Å². The molecule has 1 fully saturated rings. The molecule has 0 spiro atoms. The van der Waals surface area contributed by atoms with Crippen molar-refractivity contribution in [2.75, 3.05) is 13.1 Å². The largest absolute Gasteiger partial charge is 0.314 e. The number of hydrogen-bond acceptors (Lipinski definition) is 1. The van der Waals surface area contributed by atoms with Crippen molar-refractivity contribution in [3.05, 3.63) is 0 Å². The highest BCUT2D eigenvalue weighted by atomic mass is 19.2. The van der Waals surface area contributed by atoms with E-state index in [1.165, 1.54) is 6.92 Å². The molecule has 3 heteroatoms. The first kappa shape index (κ1) is 6.93. The van der Waals surface area contributed by atoms with E-state index in [-0.39, 0.29) is 13.0 Å². The Hall–Kier alpha value is -0.180. The van der Waals surface area contributed by atoms with Crippen LogP contribution >= 0.6 is 0 Å². The first-order valence-electron chi connectivity index (χ1n) is 3.16. The smallest absolute Gasteiger partial charge is 0.146 e. The summed E-state index contributed by atoms with van der Waals surface area (Å²) in [6.07, 6.45) is -1.04. The molecular weight excluding hydrogens is 124 g/mol. The molecule has 1 N–H and O–H groups in total. The van der Waals surface area contributed by atoms with Crippen LogP contribution in [0.2, 0.25) is 0 Å². The molecule has 9 heavy (non-hydrogen) atoms. The van der Waals surface area contributed by atoms with Gasteiger partial charge in [-0.25, -0.2) is 8.78 Å². The average molecular weight is 135 g/mol. The molecule has 0 aromatic carbocycles. The molecule has 1 saturated heterocycles. The molecule has 1 nitrogen and oxygen atoms in total. The van der Waals surface area contributed by atoms with Crippen molar-refractivity contribution in [3.8, 4) is 0 Å². The van der Waals surface area contributed by atoms with E-state index in [1.54, 1.807) is 0 Å². The van der Waals surface area contributed by atoms with Crippen LogP contribution in [0.15, 0.2) is 0 Å². The van der Waals surface area contributed by atoms with E-state index < -0.39 is 11.8 Å². The van der Waals surface area contributed by atoms with Crippen LogP contribution in [-0.2, 0) is 0 Å². The lowest BCUT2D eigenvalue weighted by atomic mass is 9.95. The molecule has 0 saturated carbocycles. The summed E-state index contributed by atoms with van der Waals surface area (Å²) in [5.74, 6) is 0. The number of piperidine rings is 1. The van der Waals surface area contributed by atoms with Gasteiger partial charge in [0.2, 0.25) is 0 Å². The van der Waals surface area contributed by atoms with Crippen molar-refractivity contribution >= 4 is 0 Å². The Balaban J connectivity index is 2.49. The molecule has 1 aliphatic heterocycles. The van der Waals surface area contributed by atoms with Crippen molar-refractivity contribution in [1.82, 2.24) is 5.32 Å². The fourth-order valence-corrected chi connectivity index (χ4v) is 0.931. The van der Waals surface area contributed by atoms with Gasteiger partial charge in [0.1, 0.15) is 11.8 Å². The fraction of sp³-hybridized carbons (Fsp3) is 1.00. The molecule has 54 valence electrons. The molecule has 0 aromatic rings. The quantitative estimate of drug-likeness (QED) is 0.523. The molecule has 0 aromatic heterocycles. The van der Waals surface area contributed by atoms with Crippen molar-refractivity contribution in [3.63, 3.8) is 0 Å². The molecule has 0 radical (unpaired) electrons. The van der Waals surface area contributed by atoms with Gasteiger partial charge in [-0.05, 0) is 19.9 Å². The Morgan fingerprint density at radius 3 is 2.67 bits per heavy atom. The van der Waals surface area contributed by atoms with Gasteiger partial charge in [0.15, 0.2) is 0 Å². The van der Waals surface area contributed by atoms with Crippen LogP contribution < -0.4 is 5.32 Å². The highest BCUT2D eigenvalue weighted by Crippen LogP contribution is 2.24. The van der Waals surface area contributed by atoms with E-state index in [2.05, 4.69) is 5.32 Å².